The van der Waals surface area contributed by atoms with Crippen LogP contribution in [0.1, 0.15) is 17.3 Å². The third kappa shape index (κ3) is 2.16. The quantitative estimate of drug-likeness (QED) is 0.706. The second kappa shape index (κ2) is 4.50. The maximum absolute atomic E-state index is 11.4. The van der Waals surface area contributed by atoms with Crippen molar-refractivity contribution < 1.29 is 9.53 Å². The third-order valence-corrected chi connectivity index (χ3v) is 1.78. The SMILES string of the molecule is CCOc1cc(N)ccc1C(=O)NC. The molecule has 0 aromatic heterocycles. The van der Waals surface area contributed by atoms with Gasteiger partial charge in [-0.3, -0.25) is 4.79 Å². The molecule has 0 atom stereocenters. The molecule has 1 aromatic carbocycles. The molecule has 0 saturated heterocycles. The number of nitrogen functional groups attached to an aromatic ring is 1. The lowest BCUT2D eigenvalue weighted by Gasteiger charge is -2.09. The minimum atomic E-state index is -0.173. The molecule has 1 rings (SSSR count). The number of carbonyl (C=O) groups excluding carboxylic acids is 1. The lowest BCUT2D eigenvalue weighted by atomic mass is 10.1. The average Bonchev–Trinajstić information content (AvgIpc) is 2.17. The molecule has 0 spiro atoms. The standard InChI is InChI=1S/C10H14N2O2/c1-3-14-9-6-7(11)4-5-8(9)10(13)12-2/h4-6H,3,11H2,1-2H3,(H,12,13). The van der Waals surface area contributed by atoms with Crippen LogP contribution in [0.2, 0.25) is 0 Å². The summed E-state index contributed by atoms with van der Waals surface area (Å²) in [6, 6.07) is 4.97. The Morgan fingerprint density at radius 2 is 2.29 bits per heavy atom. The van der Waals surface area contributed by atoms with Crippen molar-refractivity contribution in [3.05, 3.63) is 23.8 Å². The zero-order valence-corrected chi connectivity index (χ0v) is 8.33. The van der Waals surface area contributed by atoms with Gasteiger partial charge in [0.2, 0.25) is 0 Å². The van der Waals surface area contributed by atoms with Crippen molar-refractivity contribution in [3.8, 4) is 5.75 Å². The Bertz CT molecular complexity index is 337. The van der Waals surface area contributed by atoms with Crippen LogP contribution < -0.4 is 15.8 Å². The zero-order valence-electron chi connectivity index (χ0n) is 8.33. The molecule has 0 radical (unpaired) electrons. The number of nitrogens with two attached hydrogens (primary N) is 1. The molecule has 3 N–H and O–H groups in total. The van der Waals surface area contributed by atoms with Crippen molar-refractivity contribution in [2.75, 3.05) is 19.4 Å². The molecule has 0 unspecified atom stereocenters. The molecule has 1 aromatic rings. The lowest BCUT2D eigenvalue weighted by molar-refractivity contribution is 0.0959. The second-order valence-corrected chi connectivity index (χ2v) is 2.77. The summed E-state index contributed by atoms with van der Waals surface area (Å²) in [5.74, 6) is 0.348. The van der Waals surface area contributed by atoms with Crippen LogP contribution in [0.3, 0.4) is 0 Å². The highest BCUT2D eigenvalue weighted by atomic mass is 16.5. The number of rotatable bonds is 3. The fourth-order valence-corrected chi connectivity index (χ4v) is 1.14. The monoisotopic (exact) mass is 194 g/mol. The minimum Gasteiger partial charge on any atom is -0.493 e. The summed E-state index contributed by atoms with van der Waals surface area (Å²) in [5.41, 5.74) is 6.68. The topological polar surface area (TPSA) is 64.3 Å². The number of hydrogen-bond acceptors (Lipinski definition) is 3. The largest absolute Gasteiger partial charge is 0.493 e. The first-order valence-electron chi connectivity index (χ1n) is 4.43. The van der Waals surface area contributed by atoms with Crippen LogP contribution in [-0.2, 0) is 0 Å². The van der Waals surface area contributed by atoms with Gasteiger partial charge in [-0.1, -0.05) is 0 Å². The number of amides is 1. The summed E-state index contributed by atoms with van der Waals surface area (Å²) in [7, 11) is 1.58. The molecule has 0 saturated carbocycles. The van der Waals surface area contributed by atoms with E-state index in [4.69, 9.17) is 10.5 Å². The van der Waals surface area contributed by atoms with Gasteiger partial charge in [0.25, 0.3) is 5.91 Å². The van der Waals surface area contributed by atoms with Gasteiger partial charge in [0.15, 0.2) is 0 Å². The fourth-order valence-electron chi connectivity index (χ4n) is 1.14. The third-order valence-electron chi connectivity index (χ3n) is 1.78. The molecule has 76 valence electrons. The first-order chi connectivity index (χ1) is 6.69. The maximum atomic E-state index is 11.4. The van der Waals surface area contributed by atoms with E-state index in [0.29, 0.717) is 23.6 Å². The molecular formula is C10H14N2O2. The minimum absolute atomic E-state index is 0.173. The number of hydrogen-bond donors (Lipinski definition) is 2. The van der Waals surface area contributed by atoms with E-state index >= 15 is 0 Å². The predicted octanol–water partition coefficient (Wildman–Crippen LogP) is 1.03. The Morgan fingerprint density at radius 3 is 2.86 bits per heavy atom. The first kappa shape index (κ1) is 10.4. The van der Waals surface area contributed by atoms with Gasteiger partial charge in [0.05, 0.1) is 12.2 Å². The molecule has 0 bridgehead atoms. The lowest BCUT2D eigenvalue weighted by Crippen LogP contribution is -2.19. The Kier molecular flexibility index (Phi) is 3.34. The Hall–Kier alpha value is -1.71. The molecule has 0 fully saturated rings. The molecule has 1 amide bonds. The van der Waals surface area contributed by atoms with Gasteiger partial charge in [-0.15, -0.1) is 0 Å². The van der Waals surface area contributed by atoms with Gasteiger partial charge in [-0.05, 0) is 19.1 Å². The molecule has 14 heavy (non-hydrogen) atoms. The van der Waals surface area contributed by atoms with Gasteiger partial charge in [-0.2, -0.15) is 0 Å². The van der Waals surface area contributed by atoms with Gasteiger partial charge < -0.3 is 15.8 Å². The molecule has 4 heteroatoms. The van der Waals surface area contributed by atoms with Crippen molar-refractivity contribution in [1.29, 1.82) is 0 Å². The summed E-state index contributed by atoms with van der Waals surface area (Å²) in [6.45, 7) is 2.37. The summed E-state index contributed by atoms with van der Waals surface area (Å²) in [5, 5.41) is 2.54. The summed E-state index contributed by atoms with van der Waals surface area (Å²) >= 11 is 0. The van der Waals surface area contributed by atoms with E-state index in [1.165, 1.54) is 0 Å². The van der Waals surface area contributed by atoms with Crippen LogP contribution >= 0.6 is 0 Å². The first-order valence-corrected chi connectivity index (χ1v) is 4.43. The molecule has 0 aliphatic rings. The van der Waals surface area contributed by atoms with Crippen LogP contribution in [0, 0.1) is 0 Å². The van der Waals surface area contributed by atoms with Crippen LogP contribution in [0.25, 0.3) is 0 Å². The molecule has 0 heterocycles. The predicted molar refractivity (Wildman–Crippen MR) is 55.4 cm³/mol. The number of anilines is 1. The van der Waals surface area contributed by atoms with Crippen molar-refractivity contribution >= 4 is 11.6 Å². The highest BCUT2D eigenvalue weighted by Crippen LogP contribution is 2.21. The summed E-state index contributed by atoms with van der Waals surface area (Å²) < 4.78 is 5.30. The Labute approximate surface area is 83.1 Å². The second-order valence-electron chi connectivity index (χ2n) is 2.77. The number of carbonyl (C=O) groups is 1. The summed E-state index contributed by atoms with van der Waals surface area (Å²) in [6.07, 6.45) is 0. The number of nitrogens with one attached hydrogen (secondary N) is 1. The van der Waals surface area contributed by atoms with E-state index in [1.807, 2.05) is 6.92 Å². The molecule has 4 nitrogen and oxygen atoms in total. The maximum Gasteiger partial charge on any atom is 0.254 e. The Morgan fingerprint density at radius 1 is 1.57 bits per heavy atom. The van der Waals surface area contributed by atoms with E-state index in [-0.39, 0.29) is 5.91 Å². The number of benzene rings is 1. The van der Waals surface area contributed by atoms with Crippen LogP contribution in [0.5, 0.6) is 5.75 Å². The summed E-state index contributed by atoms with van der Waals surface area (Å²) in [4.78, 5) is 11.4. The molecular weight excluding hydrogens is 180 g/mol. The normalized spacial score (nSPS) is 9.57. The van der Waals surface area contributed by atoms with E-state index in [0.717, 1.165) is 0 Å². The highest BCUT2D eigenvalue weighted by Gasteiger charge is 2.10. The van der Waals surface area contributed by atoms with E-state index in [9.17, 15) is 4.79 Å². The van der Waals surface area contributed by atoms with Crippen LogP contribution in [0.4, 0.5) is 5.69 Å². The van der Waals surface area contributed by atoms with E-state index in [1.54, 1.807) is 25.2 Å². The Balaban J connectivity index is 3.07. The van der Waals surface area contributed by atoms with Crippen molar-refractivity contribution in [3.63, 3.8) is 0 Å². The van der Waals surface area contributed by atoms with Crippen molar-refractivity contribution in [2.24, 2.45) is 0 Å². The van der Waals surface area contributed by atoms with Crippen LogP contribution in [-0.4, -0.2) is 19.6 Å². The van der Waals surface area contributed by atoms with E-state index in [2.05, 4.69) is 5.32 Å². The van der Waals surface area contributed by atoms with Crippen molar-refractivity contribution in [2.45, 2.75) is 6.92 Å². The highest BCUT2D eigenvalue weighted by molar-refractivity contribution is 5.97. The average molecular weight is 194 g/mol. The van der Waals surface area contributed by atoms with Crippen molar-refractivity contribution in [1.82, 2.24) is 5.32 Å². The van der Waals surface area contributed by atoms with Gasteiger partial charge in [0, 0.05) is 18.8 Å². The van der Waals surface area contributed by atoms with Gasteiger partial charge in [-0.25, -0.2) is 0 Å². The zero-order chi connectivity index (χ0) is 10.6. The molecule has 0 aliphatic carbocycles. The van der Waals surface area contributed by atoms with Crippen LogP contribution in [0.15, 0.2) is 18.2 Å². The van der Waals surface area contributed by atoms with E-state index < -0.39 is 0 Å². The van der Waals surface area contributed by atoms with Gasteiger partial charge in [0.1, 0.15) is 5.75 Å². The van der Waals surface area contributed by atoms with Gasteiger partial charge >= 0.3 is 0 Å². The number of ether oxygens (including phenoxy) is 1. The smallest absolute Gasteiger partial charge is 0.254 e. The molecule has 0 aliphatic heterocycles. The fraction of sp³-hybridized carbons (Fsp3) is 0.300.